The Morgan fingerprint density at radius 3 is 1.61 bits per heavy atom. The third-order valence-electron chi connectivity index (χ3n) is 4.14. The van der Waals surface area contributed by atoms with Crippen molar-refractivity contribution in [2.24, 2.45) is 4.40 Å². The van der Waals surface area contributed by atoms with Gasteiger partial charge in [-0.2, -0.15) is 4.40 Å². The molecule has 0 bridgehead atoms. The molecule has 0 fully saturated rings. The molecule has 4 nitrogen and oxygen atoms in total. The molecule has 0 spiro atoms. The first-order valence-corrected chi connectivity index (χ1v) is 12.9. The maximum atomic E-state index is 13.6. The minimum absolute atomic E-state index is 0. The van der Waals surface area contributed by atoms with E-state index in [0.717, 1.165) is 30.5 Å². The molecule has 38 heavy (non-hydrogen) atoms. The van der Waals surface area contributed by atoms with Gasteiger partial charge in [-0.1, -0.05) is 18.2 Å². The fourth-order valence-electron chi connectivity index (χ4n) is 2.22. The molecule has 2 aromatic carbocycles. The molecule has 0 saturated heterocycles. The Balaban J connectivity index is -0.000000579. The van der Waals surface area contributed by atoms with E-state index in [1.54, 1.807) is 41.5 Å². The smallest absolute Gasteiger partial charge is 1.00 e. The summed E-state index contributed by atoms with van der Waals surface area (Å²) in [6.45, 7) is 21.0. The van der Waals surface area contributed by atoms with Gasteiger partial charge in [-0.05, 0) is 65.8 Å². The molecule has 0 radical (unpaired) electrons. The van der Waals surface area contributed by atoms with E-state index in [4.69, 9.17) is 0 Å². The number of rotatable bonds is 6. The first-order valence-electron chi connectivity index (χ1n) is 10.6. The zero-order chi connectivity index (χ0) is 28.3. The van der Waals surface area contributed by atoms with Gasteiger partial charge in [-0.15, -0.1) is 6.58 Å². The second kappa shape index (κ2) is 19.0. The Labute approximate surface area is 255 Å². The zero-order valence-corrected chi connectivity index (χ0v) is 27.0. The van der Waals surface area contributed by atoms with Gasteiger partial charge in [0.05, 0.1) is 38.3 Å². The van der Waals surface area contributed by atoms with Crippen LogP contribution in [0.15, 0.2) is 60.0 Å². The first-order chi connectivity index (χ1) is 16.6. The number of hydrogen-bond acceptors (Lipinski definition) is 2. The van der Waals surface area contributed by atoms with Gasteiger partial charge in [0.15, 0.2) is 0 Å². The number of halogens is 5. The maximum Gasteiger partial charge on any atom is 2.00 e. The van der Waals surface area contributed by atoms with Crippen molar-refractivity contribution in [3.63, 3.8) is 0 Å². The molecule has 208 valence electrons. The van der Waals surface area contributed by atoms with Crippen LogP contribution in [0.3, 0.4) is 0 Å². The molecule has 0 heterocycles. The van der Waals surface area contributed by atoms with Gasteiger partial charge in [0, 0.05) is 5.56 Å². The molecule has 2 aromatic rings. The van der Waals surface area contributed by atoms with Crippen LogP contribution in [0, 0.1) is 29.8 Å². The largest absolute Gasteiger partial charge is 2.00 e. The third-order valence-corrected chi connectivity index (χ3v) is 7.06. The topological polar surface area (TPSA) is 58.5 Å². The summed E-state index contributed by atoms with van der Waals surface area (Å²) < 4.78 is 82.3. The molecular formula is C26H33BrF4MgN2O2S2. The van der Waals surface area contributed by atoms with Crippen molar-refractivity contribution in [1.82, 2.24) is 4.72 Å². The Kier molecular flexibility index (Phi) is 20.6. The van der Waals surface area contributed by atoms with Crippen LogP contribution >= 0.6 is 0 Å². The first kappa shape index (κ1) is 41.3. The Morgan fingerprint density at radius 2 is 1.26 bits per heavy atom. The molecule has 0 unspecified atom stereocenters. The minimum atomic E-state index is -1.52. The van der Waals surface area contributed by atoms with Crippen LogP contribution in [0.4, 0.5) is 17.6 Å². The van der Waals surface area contributed by atoms with E-state index >= 15 is 0 Å². The van der Waals surface area contributed by atoms with E-state index in [-0.39, 0.29) is 51.2 Å². The molecule has 0 amide bonds. The standard InChI is InChI=1S/C13H17F2NOS.C11H13F2NOS.C2H3.BrH.Mg/c1-5-11(16-18(17)13(2,3)4)12-9(14)7-6-8-10(12)15;1-11(2,3)16(15)14-7-8-9(12)5-4-6-10(8)13;1-2;;/h5-8,11,16H,1H2,2-4H3;4-7H,1-3H3;1H,2H2;1H;/q;;-1;;+2/p-1/t11-,18+;16-;;;/m10.../s1. The van der Waals surface area contributed by atoms with Gasteiger partial charge >= 0.3 is 23.1 Å². The molecule has 12 heteroatoms. The summed E-state index contributed by atoms with van der Waals surface area (Å²) in [4.78, 5) is 0. The summed E-state index contributed by atoms with van der Waals surface area (Å²) in [5, 5.41) is 0. The average molecular weight is 650 g/mol. The van der Waals surface area contributed by atoms with E-state index in [1.165, 1.54) is 18.2 Å². The Bertz CT molecular complexity index is 1070. The Hall–Kier alpha value is -1.18. The fraction of sp³-hybridized carbons (Fsp3) is 0.346. The molecule has 1 N–H and O–H groups in total. The average Bonchev–Trinajstić information content (AvgIpc) is 2.78. The second-order valence-electron chi connectivity index (χ2n) is 9.08. The molecule has 0 aliphatic rings. The van der Waals surface area contributed by atoms with E-state index in [1.807, 2.05) is 0 Å². The molecular weight excluding hydrogens is 617 g/mol. The molecule has 0 aliphatic heterocycles. The van der Waals surface area contributed by atoms with Crippen molar-refractivity contribution in [2.45, 2.75) is 57.1 Å². The van der Waals surface area contributed by atoms with E-state index < -0.39 is 60.8 Å². The van der Waals surface area contributed by atoms with E-state index in [9.17, 15) is 26.0 Å². The number of hydrogen-bond donors (Lipinski definition) is 1. The second-order valence-corrected chi connectivity index (χ2v) is 13.0. The van der Waals surface area contributed by atoms with Crippen LogP contribution in [0.1, 0.15) is 58.7 Å². The van der Waals surface area contributed by atoms with Crippen LogP contribution in [0.25, 0.3) is 0 Å². The van der Waals surface area contributed by atoms with Gasteiger partial charge in [-0.25, -0.2) is 30.7 Å². The number of nitrogens with zero attached hydrogens (tertiary/aromatic N) is 1. The number of nitrogens with one attached hydrogen (secondary N) is 1. The molecule has 0 aromatic heterocycles. The predicted molar refractivity (Wildman–Crippen MR) is 148 cm³/mol. The van der Waals surface area contributed by atoms with Crippen molar-refractivity contribution < 1.29 is 43.0 Å². The van der Waals surface area contributed by atoms with Crippen molar-refractivity contribution in [3.05, 3.63) is 96.6 Å². The van der Waals surface area contributed by atoms with Crippen molar-refractivity contribution in [1.29, 1.82) is 0 Å². The molecule has 0 saturated carbocycles. The zero-order valence-electron chi connectivity index (χ0n) is 22.4. The Morgan fingerprint density at radius 1 is 0.868 bits per heavy atom. The van der Waals surface area contributed by atoms with Crippen LogP contribution < -0.4 is 21.7 Å². The summed E-state index contributed by atoms with van der Waals surface area (Å²) in [7, 11) is -2.96. The van der Waals surface area contributed by atoms with Gasteiger partial charge in [0.25, 0.3) is 0 Å². The van der Waals surface area contributed by atoms with E-state index in [2.05, 4.69) is 28.9 Å². The van der Waals surface area contributed by atoms with E-state index in [0.29, 0.717) is 0 Å². The van der Waals surface area contributed by atoms with Crippen LogP contribution in [0.2, 0.25) is 0 Å². The third kappa shape index (κ3) is 13.7. The molecule has 3 atom stereocenters. The van der Waals surface area contributed by atoms with Gasteiger partial charge in [0.2, 0.25) is 0 Å². The summed E-state index contributed by atoms with van der Waals surface area (Å²) >= 11 is 0. The van der Waals surface area contributed by atoms with Crippen molar-refractivity contribution in [3.8, 4) is 0 Å². The fourth-order valence-corrected chi connectivity index (χ4v) is 3.53. The molecule has 2 rings (SSSR count). The predicted octanol–water partition coefficient (Wildman–Crippen LogP) is 3.32. The van der Waals surface area contributed by atoms with Crippen molar-refractivity contribution >= 4 is 51.2 Å². The van der Waals surface area contributed by atoms with Crippen molar-refractivity contribution in [2.75, 3.05) is 0 Å². The van der Waals surface area contributed by atoms with Gasteiger partial charge in [-0.3, -0.25) is 6.58 Å². The molecule has 0 aliphatic carbocycles. The summed E-state index contributed by atoms with van der Waals surface area (Å²) in [6.07, 6.45) is 2.32. The number of benzene rings is 2. The summed E-state index contributed by atoms with van der Waals surface area (Å²) in [6, 6.07) is 6.31. The van der Waals surface area contributed by atoms with Gasteiger partial charge in [0.1, 0.15) is 34.3 Å². The van der Waals surface area contributed by atoms with Crippen LogP contribution in [-0.4, -0.2) is 47.2 Å². The van der Waals surface area contributed by atoms with Crippen LogP contribution in [0.5, 0.6) is 0 Å². The normalized spacial score (nSPS) is 13.3. The summed E-state index contributed by atoms with van der Waals surface area (Å²) in [5.74, 6) is -2.79. The SMILES string of the molecule is C=C[C@@H](N[S@@](=O)C(C)(C)C)c1c(F)cccc1F.CC(C)(C)[S@](=O)N=Cc1c(F)cccc1F.[Br-].[CH-]=C.[Mg+2]. The minimum Gasteiger partial charge on any atom is -1.00 e. The quantitative estimate of drug-likeness (QED) is 0.172. The van der Waals surface area contributed by atoms with Gasteiger partial charge < -0.3 is 23.6 Å². The maximum absolute atomic E-state index is 13.6. The van der Waals surface area contributed by atoms with Crippen LogP contribution in [-0.2, 0) is 22.0 Å². The summed E-state index contributed by atoms with van der Waals surface area (Å²) in [5.41, 5.74) is -0.426. The monoisotopic (exact) mass is 648 g/mol.